The first-order valence-electron chi connectivity index (χ1n) is 9.34. The minimum atomic E-state index is -0.0253. The molecule has 3 aromatic heterocycles. The number of hydrogen-bond acceptors (Lipinski definition) is 7. The number of rotatable bonds is 5. The number of hydrogen-bond donors (Lipinski definition) is 1. The van der Waals surface area contributed by atoms with E-state index in [0.29, 0.717) is 23.3 Å². The zero-order valence-electron chi connectivity index (χ0n) is 15.1. The highest BCUT2D eigenvalue weighted by Gasteiger charge is 2.30. The second-order valence-corrected chi connectivity index (χ2v) is 8.25. The highest BCUT2D eigenvalue weighted by atomic mass is 32.1. The topological polar surface area (TPSA) is 88.3 Å². The van der Waals surface area contributed by atoms with Gasteiger partial charge in [0.2, 0.25) is 0 Å². The molecule has 9 heteroatoms. The van der Waals surface area contributed by atoms with E-state index in [2.05, 4.69) is 25.4 Å². The van der Waals surface area contributed by atoms with Crippen molar-refractivity contribution in [1.29, 1.82) is 0 Å². The van der Waals surface area contributed by atoms with Crippen LogP contribution in [0.2, 0.25) is 0 Å². The molecule has 1 aliphatic heterocycles. The molecule has 0 aromatic carbocycles. The molecule has 0 radical (unpaired) electrons. The maximum atomic E-state index is 12.2. The van der Waals surface area contributed by atoms with Crippen LogP contribution >= 0.6 is 11.3 Å². The number of carbonyl (C=O) groups is 1. The number of nitrogens with zero attached hydrogens (tertiary/aromatic N) is 6. The first kappa shape index (κ1) is 16.6. The van der Waals surface area contributed by atoms with Gasteiger partial charge >= 0.3 is 0 Å². The molecule has 5 rings (SSSR count). The second-order valence-electron chi connectivity index (χ2n) is 7.40. The summed E-state index contributed by atoms with van der Waals surface area (Å²) in [6.07, 6.45) is 3.62. The largest absolute Gasteiger partial charge is 0.354 e. The van der Waals surface area contributed by atoms with Crippen molar-refractivity contribution in [2.24, 2.45) is 5.92 Å². The predicted octanol–water partition coefficient (Wildman–Crippen LogP) is 2.02. The lowest BCUT2D eigenvalue weighted by atomic mass is 9.85. The van der Waals surface area contributed by atoms with E-state index in [9.17, 15) is 4.79 Å². The molecule has 4 heterocycles. The van der Waals surface area contributed by atoms with Crippen LogP contribution in [0, 0.1) is 12.8 Å². The number of amides is 1. The van der Waals surface area contributed by atoms with E-state index < -0.39 is 0 Å². The molecule has 27 heavy (non-hydrogen) atoms. The third-order valence-electron chi connectivity index (χ3n) is 5.53. The number of thiazole rings is 1. The Bertz CT molecular complexity index is 987. The number of nitrogens with one attached hydrogen (secondary N) is 1. The Morgan fingerprint density at radius 1 is 1.30 bits per heavy atom. The third kappa shape index (κ3) is 2.95. The number of fused-ring (bicyclic) bond motifs is 1. The molecule has 0 atom stereocenters. The monoisotopic (exact) mass is 383 g/mol. The molecule has 1 amide bonds. The summed E-state index contributed by atoms with van der Waals surface area (Å²) in [6.45, 7) is 4.32. The molecule has 3 aromatic rings. The molecule has 0 bridgehead atoms. The van der Waals surface area contributed by atoms with Crippen molar-refractivity contribution in [2.75, 3.05) is 24.5 Å². The van der Waals surface area contributed by atoms with Crippen LogP contribution in [0.4, 0.5) is 5.82 Å². The molecule has 2 fully saturated rings. The minimum absolute atomic E-state index is 0.0253. The molecule has 1 N–H and O–H groups in total. The molecule has 0 spiro atoms. The summed E-state index contributed by atoms with van der Waals surface area (Å²) in [6, 6.07) is 3.99. The van der Waals surface area contributed by atoms with Gasteiger partial charge in [0.25, 0.3) is 5.91 Å². The second kappa shape index (κ2) is 6.56. The first-order chi connectivity index (χ1) is 13.2. The molecule has 8 nitrogen and oxygen atoms in total. The van der Waals surface area contributed by atoms with Crippen molar-refractivity contribution in [3.63, 3.8) is 0 Å². The van der Waals surface area contributed by atoms with Gasteiger partial charge in [0.15, 0.2) is 11.5 Å². The summed E-state index contributed by atoms with van der Waals surface area (Å²) in [4.78, 5) is 19.3. The summed E-state index contributed by atoms with van der Waals surface area (Å²) in [7, 11) is 0. The number of anilines is 1. The van der Waals surface area contributed by atoms with Gasteiger partial charge in [0.1, 0.15) is 10.7 Å². The van der Waals surface area contributed by atoms with Gasteiger partial charge in [-0.05, 0) is 31.9 Å². The Hall–Kier alpha value is -2.55. The normalized spacial score (nSPS) is 17.7. The Kier molecular flexibility index (Phi) is 4.04. The highest BCUT2D eigenvalue weighted by Crippen LogP contribution is 2.35. The van der Waals surface area contributed by atoms with Crippen LogP contribution in [0.5, 0.6) is 0 Å². The molecule has 1 saturated heterocycles. The maximum absolute atomic E-state index is 12.2. The van der Waals surface area contributed by atoms with Crippen molar-refractivity contribution in [3.05, 3.63) is 34.0 Å². The van der Waals surface area contributed by atoms with Gasteiger partial charge in [-0.25, -0.2) is 4.98 Å². The van der Waals surface area contributed by atoms with Gasteiger partial charge in [-0.1, -0.05) is 6.42 Å². The van der Waals surface area contributed by atoms with Gasteiger partial charge in [-0.2, -0.15) is 4.52 Å². The fourth-order valence-corrected chi connectivity index (χ4v) is 4.33. The smallest absolute Gasteiger partial charge is 0.263 e. The van der Waals surface area contributed by atoms with Crippen molar-refractivity contribution >= 4 is 28.7 Å². The van der Waals surface area contributed by atoms with E-state index in [0.717, 1.165) is 36.1 Å². The lowest BCUT2D eigenvalue weighted by Crippen LogP contribution is -2.52. The molecular weight excluding hydrogens is 362 g/mol. The summed E-state index contributed by atoms with van der Waals surface area (Å²) >= 11 is 1.39. The van der Waals surface area contributed by atoms with Crippen LogP contribution < -0.4 is 10.2 Å². The van der Waals surface area contributed by atoms with Gasteiger partial charge in [-0.3, -0.25) is 4.79 Å². The molecule has 140 valence electrons. The Morgan fingerprint density at radius 2 is 2.15 bits per heavy atom. The van der Waals surface area contributed by atoms with E-state index in [-0.39, 0.29) is 5.91 Å². The first-order valence-corrected chi connectivity index (χ1v) is 10.2. The van der Waals surface area contributed by atoms with Crippen LogP contribution in [0.15, 0.2) is 17.6 Å². The van der Waals surface area contributed by atoms with Crippen LogP contribution in [-0.2, 0) is 0 Å². The van der Waals surface area contributed by atoms with Gasteiger partial charge in [0.05, 0.1) is 11.2 Å². The lowest BCUT2D eigenvalue weighted by molar-refractivity contribution is 0.0947. The van der Waals surface area contributed by atoms with Gasteiger partial charge in [0, 0.05) is 31.5 Å². The molecule has 1 aliphatic carbocycles. The fraction of sp³-hybridized carbons (Fsp3) is 0.500. The SMILES string of the molecule is Cc1ncsc1C(=O)NCC1CN(c2ccc3nnc(C4CCC4)n3n2)C1. The van der Waals surface area contributed by atoms with E-state index in [1.54, 1.807) is 5.51 Å². The summed E-state index contributed by atoms with van der Waals surface area (Å²) < 4.78 is 1.90. The van der Waals surface area contributed by atoms with Crippen molar-refractivity contribution in [3.8, 4) is 0 Å². The predicted molar refractivity (Wildman–Crippen MR) is 102 cm³/mol. The summed E-state index contributed by atoms with van der Waals surface area (Å²) in [5, 5.41) is 16.4. The Morgan fingerprint density at radius 3 is 2.85 bits per heavy atom. The summed E-state index contributed by atoms with van der Waals surface area (Å²) in [5.74, 6) is 2.85. The van der Waals surface area contributed by atoms with Crippen molar-refractivity contribution < 1.29 is 4.79 Å². The van der Waals surface area contributed by atoms with Crippen molar-refractivity contribution in [2.45, 2.75) is 32.1 Å². The third-order valence-corrected chi connectivity index (χ3v) is 6.45. The number of aryl methyl sites for hydroxylation is 1. The number of carbonyl (C=O) groups excluding carboxylic acids is 1. The molecular formula is C18H21N7OS. The van der Waals surface area contributed by atoms with Crippen molar-refractivity contribution in [1.82, 2.24) is 30.1 Å². The zero-order valence-corrected chi connectivity index (χ0v) is 15.9. The van der Waals surface area contributed by atoms with Gasteiger partial charge < -0.3 is 10.2 Å². The molecule has 2 aliphatic rings. The summed E-state index contributed by atoms with van der Waals surface area (Å²) in [5.41, 5.74) is 3.31. The van der Waals surface area contributed by atoms with E-state index in [1.807, 2.05) is 23.6 Å². The zero-order chi connectivity index (χ0) is 18.4. The number of aromatic nitrogens is 5. The Labute approximate surface area is 160 Å². The molecule has 0 unspecified atom stereocenters. The van der Waals surface area contributed by atoms with Crippen LogP contribution in [-0.4, -0.2) is 50.3 Å². The highest BCUT2D eigenvalue weighted by molar-refractivity contribution is 7.11. The van der Waals surface area contributed by atoms with E-state index >= 15 is 0 Å². The standard InChI is InChI=1S/C18H21N7OS/c1-11-16(27-10-20-11)18(26)19-7-12-8-24(9-12)15-6-5-14-21-22-17(25(14)23-15)13-3-2-4-13/h5-6,10,12-13H,2-4,7-9H2,1H3,(H,19,26). The van der Waals surface area contributed by atoms with E-state index in [1.165, 1.54) is 30.6 Å². The molecule has 1 saturated carbocycles. The fourth-order valence-electron chi connectivity index (χ4n) is 3.61. The minimum Gasteiger partial charge on any atom is -0.354 e. The average Bonchev–Trinajstić information content (AvgIpc) is 3.18. The Balaban J connectivity index is 1.20. The lowest BCUT2D eigenvalue weighted by Gasteiger charge is -2.40. The van der Waals surface area contributed by atoms with Crippen LogP contribution in [0.25, 0.3) is 5.65 Å². The average molecular weight is 383 g/mol. The van der Waals surface area contributed by atoms with E-state index in [4.69, 9.17) is 5.10 Å². The van der Waals surface area contributed by atoms with Crippen LogP contribution in [0.3, 0.4) is 0 Å². The maximum Gasteiger partial charge on any atom is 0.263 e. The van der Waals surface area contributed by atoms with Gasteiger partial charge in [-0.15, -0.1) is 26.6 Å². The van der Waals surface area contributed by atoms with Crippen LogP contribution in [0.1, 0.15) is 46.4 Å². The quantitative estimate of drug-likeness (QED) is 0.725.